The van der Waals surface area contributed by atoms with Crippen LogP contribution in [0.4, 0.5) is 11.4 Å². The number of imidazole rings is 1. The van der Waals surface area contributed by atoms with Crippen molar-refractivity contribution in [3.8, 4) is 5.75 Å². The number of nitro benzene ring substituents is 1. The number of phenols is 1. The smallest absolute Gasteiger partial charge is 0.326 e. The molecular formula is C88H115N23O20. The van der Waals surface area contributed by atoms with Crippen LogP contribution in [0.2, 0.25) is 0 Å². The van der Waals surface area contributed by atoms with Crippen LogP contribution in [0.3, 0.4) is 0 Å². The highest BCUT2D eigenvalue weighted by atomic mass is 16.6. The molecule has 702 valence electrons. The molecule has 14 amide bonds. The zero-order valence-corrected chi connectivity index (χ0v) is 73.4. The minimum absolute atomic E-state index is 0.00450. The van der Waals surface area contributed by atoms with Crippen LogP contribution in [0.1, 0.15) is 153 Å². The average Bonchev–Trinajstić information content (AvgIpc) is 1.66. The largest absolute Gasteiger partial charge is 0.508 e. The number of hydrogen-bond acceptors (Lipinski definition) is 24. The summed E-state index contributed by atoms with van der Waals surface area (Å²) >= 11 is 0. The van der Waals surface area contributed by atoms with Crippen LogP contribution >= 0.6 is 0 Å². The molecule has 4 aromatic heterocycles. The Morgan fingerprint density at radius 1 is 0.542 bits per heavy atom. The maximum absolute atomic E-state index is 15.3. The second-order valence-corrected chi connectivity index (χ2v) is 33.7. The van der Waals surface area contributed by atoms with E-state index in [9.17, 15) is 68.3 Å². The third-order valence-electron chi connectivity index (χ3n) is 22.9. The van der Waals surface area contributed by atoms with Crippen molar-refractivity contribution in [2.75, 3.05) is 31.5 Å². The molecule has 10 rings (SSSR count). The minimum Gasteiger partial charge on any atom is -0.508 e. The number of amides is 14. The lowest BCUT2D eigenvalue weighted by atomic mass is 9.99. The quantitative estimate of drug-likeness (QED) is 0.0145. The van der Waals surface area contributed by atoms with E-state index >= 15 is 24.0 Å². The monoisotopic (exact) mass is 1810 g/mol. The summed E-state index contributed by atoms with van der Waals surface area (Å²) < 4.78 is 4.84. The van der Waals surface area contributed by atoms with Gasteiger partial charge in [-0.05, 0) is 146 Å². The summed E-state index contributed by atoms with van der Waals surface area (Å²) in [5.74, 6) is -14.1. The van der Waals surface area contributed by atoms with Gasteiger partial charge in [-0.2, -0.15) is 0 Å². The Hall–Kier alpha value is -14.4. The van der Waals surface area contributed by atoms with Crippen LogP contribution in [-0.2, 0) is 97.6 Å². The number of unbranched alkanes of at least 4 members (excludes halogenated alkanes) is 1. The molecule has 43 heteroatoms. The minimum atomic E-state index is -1.65. The molecule has 2 fully saturated rings. The molecule has 12 atom stereocenters. The Balaban J connectivity index is 0.834. The fourth-order valence-electron chi connectivity index (χ4n) is 16.1. The molecule has 0 radical (unpaired) electrons. The maximum atomic E-state index is 15.3. The molecule has 131 heavy (non-hydrogen) atoms. The Morgan fingerprint density at radius 3 is 1.59 bits per heavy atom. The van der Waals surface area contributed by atoms with Crippen molar-refractivity contribution in [2.24, 2.45) is 29.0 Å². The van der Waals surface area contributed by atoms with E-state index < -0.39 is 198 Å². The highest BCUT2D eigenvalue weighted by molar-refractivity contribution is 6.01. The molecule has 6 heterocycles. The van der Waals surface area contributed by atoms with E-state index in [0.29, 0.717) is 47.0 Å². The number of fused-ring (bicyclic) bond motifs is 3. The number of aliphatic carboxylic acids is 1. The first kappa shape index (κ1) is 98.8. The van der Waals surface area contributed by atoms with E-state index in [4.69, 9.17) is 21.8 Å². The summed E-state index contributed by atoms with van der Waals surface area (Å²) in [6, 6.07) is 6.16. The topological polar surface area (TPSA) is 656 Å². The molecule has 2 saturated heterocycles. The number of carboxylic acid groups (broad SMARTS) is 1. The van der Waals surface area contributed by atoms with Gasteiger partial charge in [-0.25, -0.2) is 14.4 Å². The lowest BCUT2D eigenvalue weighted by molar-refractivity contribution is -0.383. The van der Waals surface area contributed by atoms with Crippen molar-refractivity contribution < 1.29 is 91.7 Å². The molecule has 0 spiro atoms. The van der Waals surface area contributed by atoms with Crippen LogP contribution in [0.15, 0.2) is 114 Å². The molecule has 4 aromatic carbocycles. The number of hydrogen-bond donors (Lipinski definition) is 19. The summed E-state index contributed by atoms with van der Waals surface area (Å²) in [6.45, 7) is 7.98. The molecule has 8 aromatic rings. The van der Waals surface area contributed by atoms with E-state index in [0.717, 1.165) is 16.5 Å². The van der Waals surface area contributed by atoms with Gasteiger partial charge in [-0.1, -0.05) is 96.0 Å². The summed E-state index contributed by atoms with van der Waals surface area (Å²) in [5, 5.41) is 70.6. The number of rotatable bonds is 50. The van der Waals surface area contributed by atoms with E-state index in [1.165, 1.54) is 58.7 Å². The van der Waals surface area contributed by atoms with Crippen molar-refractivity contribution in [3.63, 3.8) is 0 Å². The van der Waals surface area contributed by atoms with Gasteiger partial charge in [-0.15, -0.1) is 0 Å². The van der Waals surface area contributed by atoms with Crippen LogP contribution in [-0.4, -0.2) is 243 Å². The molecule has 22 N–H and O–H groups in total. The van der Waals surface area contributed by atoms with Crippen LogP contribution in [0, 0.1) is 22.0 Å². The number of phenolic OH excluding ortho intramolecular Hbond substituents is 1. The number of nitrogens with two attached hydrogens (primary N) is 3. The first-order valence-electron chi connectivity index (χ1n) is 43.8. The average molecular weight is 1820 g/mol. The predicted molar refractivity (Wildman–Crippen MR) is 475 cm³/mol. The standard InChI is InChI=1S/C88H115N23O20/c1-6-7-17-60(78(117)106-68(88(127)128)38-49-23-25-53(112)26-24-49)100-85(124)71-22-14-35-110(71)87(126)63(29-32-73(91)114)98-74(115)45-96-84(123)70-21-13-34-109(70)86(125)62(20-12-33-93-59-27-30-69(111(129)130)76-75(59)107-131-108-76)101-81(120)65(37-48(4)5)103-79(118)61(28-31-72(90)113)99-80(119)64(36-47(2)3)104-82(121)66(40-51-43-95-58-19-11-9-16-55(51)58)105-83(122)67(41-52-44-92-46-97-52)102-77(116)56(89)39-50-42-94-57-18-10-8-15-54(50)57/h8-11,15-16,18-19,23-27,30,42-44,46-48,56,60-68,70-71,93-95,112H,6-7,12-14,17,20-22,28-29,31-41,45,89H2,1-5H3,(H2,90,113)(H2,91,114)(H,92,97)(H,96,123)(H,98,115)(H,99,119)(H,100,124)(H,101,120)(H,102,116)(H,103,118)(H,104,121)(H,105,122)(H,106,117)(H,127,128)/t56-,60-,61-,62-,63-,64-,65-,66-,67-,68-,70-,71-/m0/s1. The first-order valence-corrected chi connectivity index (χ1v) is 43.8. The van der Waals surface area contributed by atoms with Crippen molar-refractivity contribution in [1.82, 2.24) is 93.2 Å². The van der Waals surface area contributed by atoms with E-state index in [1.54, 1.807) is 52.2 Å². The number of H-pyrrole nitrogens is 3. The number of para-hydroxylation sites is 2. The fourth-order valence-corrected chi connectivity index (χ4v) is 16.1. The van der Waals surface area contributed by atoms with Crippen molar-refractivity contribution >= 4 is 133 Å². The number of likely N-dealkylation sites (tertiary alicyclic amines) is 2. The van der Waals surface area contributed by atoms with Gasteiger partial charge in [0.25, 0.3) is 0 Å². The van der Waals surface area contributed by atoms with Crippen molar-refractivity contribution in [2.45, 2.75) is 229 Å². The van der Waals surface area contributed by atoms with Gasteiger partial charge >= 0.3 is 11.7 Å². The number of nitro groups is 1. The maximum Gasteiger partial charge on any atom is 0.326 e. The van der Waals surface area contributed by atoms with Gasteiger partial charge in [0.15, 0.2) is 5.52 Å². The second-order valence-electron chi connectivity index (χ2n) is 33.7. The Morgan fingerprint density at radius 2 is 1.03 bits per heavy atom. The highest BCUT2D eigenvalue weighted by Gasteiger charge is 2.43. The summed E-state index contributed by atoms with van der Waals surface area (Å²) in [5.41, 5.74) is 21.2. The molecule has 0 saturated carbocycles. The zero-order chi connectivity index (χ0) is 94.7. The van der Waals surface area contributed by atoms with Crippen LogP contribution < -0.4 is 75.7 Å². The number of aromatic amines is 3. The van der Waals surface area contributed by atoms with Crippen molar-refractivity contribution in [3.05, 3.63) is 142 Å². The Labute approximate surface area is 752 Å². The van der Waals surface area contributed by atoms with Gasteiger partial charge < -0.3 is 111 Å². The number of nitrogens with zero attached hydrogens (tertiary/aromatic N) is 6. The Kier molecular flexibility index (Phi) is 35.5. The molecule has 2 aliphatic rings. The SMILES string of the molecule is CCCC[C@H](NC(=O)[C@@H]1CCCN1C(=O)[C@H](CCC(N)=O)NC(=O)CNC(=O)[C@@H]1CCCN1C(=O)[C@H](CCCNc1ccc([N+](=O)[O-])c2nonc12)NC(=O)[C@H](CC(C)C)NC(=O)[C@H](CCC(N)=O)NC(=O)[C@H](CC(C)C)NC(=O)[C@H](Cc1c[nH]c2ccccc12)NC(=O)[C@H](Cc1c[nH]cn1)NC(=O)[C@@H](N)Cc1c[nH]c2ccccc12)C(=O)N[C@@H](Cc1ccc(O)cc1)C(=O)O. The van der Waals surface area contributed by atoms with Gasteiger partial charge in [0.05, 0.1) is 35.2 Å². The van der Waals surface area contributed by atoms with Gasteiger partial charge in [-0.3, -0.25) is 77.2 Å². The zero-order valence-electron chi connectivity index (χ0n) is 73.4. The van der Waals surface area contributed by atoms with E-state index in [2.05, 4.69) is 88.7 Å². The Bertz CT molecular complexity index is 5400. The lowest BCUT2D eigenvalue weighted by Crippen LogP contribution is -2.61. The number of benzene rings is 4. The summed E-state index contributed by atoms with van der Waals surface area (Å²) in [7, 11) is 0. The van der Waals surface area contributed by atoms with Gasteiger partial charge in [0.1, 0.15) is 72.2 Å². The molecule has 0 unspecified atom stereocenters. The van der Waals surface area contributed by atoms with Gasteiger partial charge in [0, 0.05) is 98.2 Å². The van der Waals surface area contributed by atoms with E-state index in [1.807, 2.05) is 43.3 Å². The third-order valence-corrected chi connectivity index (χ3v) is 22.9. The number of aromatic nitrogens is 6. The number of carbonyl (C=O) groups excluding carboxylic acids is 14. The fraction of sp³-hybridized carbons (Fsp3) is 0.477. The second kappa shape index (κ2) is 47.1. The predicted octanol–water partition coefficient (Wildman–Crippen LogP) is 1.37. The van der Waals surface area contributed by atoms with Crippen molar-refractivity contribution in [1.29, 1.82) is 0 Å². The summed E-state index contributed by atoms with van der Waals surface area (Å²) in [4.78, 5) is 240. The number of primary amides is 2. The number of non-ortho nitro benzene ring substituents is 1. The molecule has 0 bridgehead atoms. The third kappa shape index (κ3) is 27.8. The lowest BCUT2D eigenvalue weighted by Gasteiger charge is -2.31. The van der Waals surface area contributed by atoms with Crippen LogP contribution in [0.25, 0.3) is 32.8 Å². The molecular weight excluding hydrogens is 1700 g/mol. The normalized spacial score (nSPS) is 16.0. The molecule has 2 aliphatic heterocycles. The number of carbonyl (C=O) groups is 15. The molecule has 43 nitrogen and oxygen atoms in total. The number of anilines is 1. The number of nitrogens with one attached hydrogen (secondary N) is 14. The number of aromatic hydroxyl groups is 1. The summed E-state index contributed by atoms with van der Waals surface area (Å²) in [6.07, 6.45) is 5.68. The van der Waals surface area contributed by atoms with Gasteiger partial charge in [0.2, 0.25) is 88.2 Å². The molecule has 0 aliphatic carbocycles. The van der Waals surface area contributed by atoms with E-state index in [-0.39, 0.29) is 137 Å². The van der Waals surface area contributed by atoms with Crippen LogP contribution in [0.5, 0.6) is 5.75 Å². The first-order chi connectivity index (χ1) is 62.6. The number of carboxylic acids is 1. The highest BCUT2D eigenvalue weighted by Crippen LogP contribution is 2.31.